The van der Waals surface area contributed by atoms with Gasteiger partial charge in [0.2, 0.25) is 21.8 Å². The van der Waals surface area contributed by atoms with Gasteiger partial charge in [0, 0.05) is 25.7 Å². The number of rotatable bonds is 4. The van der Waals surface area contributed by atoms with E-state index in [2.05, 4.69) is 15.5 Å². The van der Waals surface area contributed by atoms with E-state index >= 15 is 0 Å². The van der Waals surface area contributed by atoms with Crippen LogP contribution in [0.3, 0.4) is 0 Å². The number of sulfonamides is 1. The normalized spacial score (nSPS) is 18.7. The number of carbonyl (C=O) groups is 1. The van der Waals surface area contributed by atoms with Gasteiger partial charge in [0.15, 0.2) is 5.82 Å². The Morgan fingerprint density at radius 1 is 1.33 bits per heavy atom. The van der Waals surface area contributed by atoms with Crippen LogP contribution in [0.1, 0.15) is 31.0 Å². The average molecular weight is 350 g/mol. The zero-order chi connectivity index (χ0) is 17.3. The van der Waals surface area contributed by atoms with Gasteiger partial charge < -0.3 is 9.84 Å². The molecule has 0 aliphatic carbocycles. The highest BCUT2D eigenvalue weighted by Gasteiger charge is 2.35. The molecule has 1 aliphatic heterocycles. The second kappa shape index (κ2) is 6.33. The molecule has 1 aliphatic rings. The highest BCUT2D eigenvalue weighted by atomic mass is 32.2. The fraction of sp³-hybridized carbons (Fsp3) is 0.400. The molecule has 1 saturated heterocycles. The quantitative estimate of drug-likeness (QED) is 0.896. The first-order valence-electron chi connectivity index (χ1n) is 7.54. The molecule has 0 spiro atoms. The smallest absolute Gasteiger partial charge is 0.243 e. The number of aromatic nitrogens is 2. The molecule has 1 N–H and O–H groups in total. The van der Waals surface area contributed by atoms with E-state index in [0.29, 0.717) is 36.9 Å². The minimum absolute atomic E-state index is 0.0837. The number of carbonyl (C=O) groups excluding carboxylic acids is 1. The Bertz CT molecular complexity index is 845. The van der Waals surface area contributed by atoms with Crippen LogP contribution >= 0.6 is 0 Å². The summed E-state index contributed by atoms with van der Waals surface area (Å²) in [5.41, 5.74) is 0.557. The summed E-state index contributed by atoms with van der Waals surface area (Å²) in [7, 11) is -3.59. The summed E-state index contributed by atoms with van der Waals surface area (Å²) in [6, 6.07) is 6.13. The van der Waals surface area contributed by atoms with E-state index in [0.717, 1.165) is 0 Å². The van der Waals surface area contributed by atoms with Gasteiger partial charge in [0.1, 0.15) is 0 Å². The number of amides is 1. The fourth-order valence-corrected chi connectivity index (χ4v) is 4.19. The van der Waals surface area contributed by atoms with E-state index in [1.807, 2.05) is 0 Å². The van der Waals surface area contributed by atoms with Gasteiger partial charge in [-0.25, -0.2) is 8.42 Å². The monoisotopic (exact) mass is 350 g/mol. The minimum atomic E-state index is -3.59. The molecule has 8 nitrogen and oxygen atoms in total. The number of hydrogen-bond donors (Lipinski definition) is 1. The zero-order valence-corrected chi connectivity index (χ0v) is 14.2. The number of anilines is 1. The molecule has 0 saturated carbocycles. The highest BCUT2D eigenvalue weighted by Crippen LogP contribution is 2.30. The summed E-state index contributed by atoms with van der Waals surface area (Å²) >= 11 is 0. The summed E-state index contributed by atoms with van der Waals surface area (Å²) in [5.74, 6) is 0.730. The molecule has 9 heteroatoms. The molecular formula is C15H18N4O4S. The van der Waals surface area contributed by atoms with Crippen molar-refractivity contribution in [1.29, 1.82) is 0 Å². The van der Waals surface area contributed by atoms with Crippen molar-refractivity contribution in [3.05, 3.63) is 36.0 Å². The topological polar surface area (TPSA) is 105 Å². The molecule has 3 rings (SSSR count). The van der Waals surface area contributed by atoms with Crippen LogP contribution in [0.25, 0.3) is 0 Å². The Balaban J connectivity index is 1.75. The molecule has 1 aromatic carbocycles. The molecule has 24 heavy (non-hydrogen) atoms. The number of hydrogen-bond acceptors (Lipinski definition) is 6. The lowest BCUT2D eigenvalue weighted by Crippen LogP contribution is -2.28. The molecule has 128 valence electrons. The van der Waals surface area contributed by atoms with Crippen molar-refractivity contribution in [2.45, 2.75) is 31.1 Å². The Labute approximate surface area is 139 Å². The van der Waals surface area contributed by atoms with Gasteiger partial charge in [-0.2, -0.15) is 9.29 Å². The van der Waals surface area contributed by atoms with Crippen molar-refractivity contribution in [1.82, 2.24) is 14.4 Å². The van der Waals surface area contributed by atoms with Crippen LogP contribution in [0, 0.1) is 6.92 Å². The number of aryl methyl sites for hydroxylation is 1. The summed E-state index contributed by atoms with van der Waals surface area (Å²) in [5, 5.41) is 6.36. The van der Waals surface area contributed by atoms with Crippen molar-refractivity contribution in [3.63, 3.8) is 0 Å². The number of nitrogens with zero attached hydrogens (tertiary/aromatic N) is 3. The maximum Gasteiger partial charge on any atom is 0.243 e. The molecule has 0 radical (unpaired) electrons. The van der Waals surface area contributed by atoms with Gasteiger partial charge in [0.05, 0.1) is 10.8 Å². The summed E-state index contributed by atoms with van der Waals surface area (Å²) in [6.45, 7) is 3.85. The highest BCUT2D eigenvalue weighted by molar-refractivity contribution is 7.89. The maximum atomic E-state index is 12.7. The van der Waals surface area contributed by atoms with Crippen molar-refractivity contribution in [2.75, 3.05) is 18.4 Å². The van der Waals surface area contributed by atoms with Gasteiger partial charge in [-0.15, -0.1) is 0 Å². The third-order valence-electron chi connectivity index (χ3n) is 3.86. The number of benzene rings is 1. The first kappa shape index (κ1) is 16.6. The van der Waals surface area contributed by atoms with E-state index < -0.39 is 10.0 Å². The van der Waals surface area contributed by atoms with Gasteiger partial charge >= 0.3 is 0 Å². The standard InChI is InChI=1S/C15H18N4O4S/c1-10-16-15(23-18-10)12-7-8-19(9-12)24(21,22)14-5-3-13(4-6-14)17-11(2)20/h3-6,12H,7-9H2,1-2H3,(H,17,20). The van der Waals surface area contributed by atoms with Crippen LogP contribution in [0.4, 0.5) is 5.69 Å². The molecular weight excluding hydrogens is 332 g/mol. The Hall–Kier alpha value is -2.26. The fourth-order valence-electron chi connectivity index (χ4n) is 2.69. The van der Waals surface area contributed by atoms with Gasteiger partial charge in [-0.05, 0) is 37.6 Å². The minimum Gasteiger partial charge on any atom is -0.339 e. The van der Waals surface area contributed by atoms with Crippen LogP contribution in [0.5, 0.6) is 0 Å². The van der Waals surface area contributed by atoms with E-state index in [4.69, 9.17) is 4.52 Å². The van der Waals surface area contributed by atoms with E-state index in [9.17, 15) is 13.2 Å². The molecule has 2 heterocycles. The SMILES string of the molecule is CC(=O)Nc1ccc(S(=O)(=O)N2CCC(c3nc(C)no3)C2)cc1. The number of nitrogens with one attached hydrogen (secondary N) is 1. The van der Waals surface area contributed by atoms with Crippen LogP contribution < -0.4 is 5.32 Å². The van der Waals surface area contributed by atoms with Crippen molar-refractivity contribution >= 4 is 21.6 Å². The second-order valence-corrected chi connectivity index (χ2v) is 7.67. The summed E-state index contributed by atoms with van der Waals surface area (Å²) in [6.07, 6.45) is 0.644. The molecule has 0 bridgehead atoms. The van der Waals surface area contributed by atoms with Crippen molar-refractivity contribution < 1.29 is 17.7 Å². The maximum absolute atomic E-state index is 12.7. The molecule has 1 aromatic heterocycles. The van der Waals surface area contributed by atoms with Gasteiger partial charge in [0.25, 0.3) is 0 Å². The lowest BCUT2D eigenvalue weighted by atomic mass is 10.1. The third-order valence-corrected chi connectivity index (χ3v) is 5.74. The van der Waals surface area contributed by atoms with E-state index in [1.165, 1.54) is 23.4 Å². The van der Waals surface area contributed by atoms with Crippen LogP contribution in [0.2, 0.25) is 0 Å². The average Bonchev–Trinajstić information content (AvgIpc) is 3.16. The Morgan fingerprint density at radius 3 is 2.62 bits per heavy atom. The zero-order valence-electron chi connectivity index (χ0n) is 13.4. The summed E-state index contributed by atoms with van der Waals surface area (Å²) < 4.78 is 32.0. The van der Waals surface area contributed by atoms with Crippen LogP contribution in [-0.4, -0.2) is 41.9 Å². The first-order valence-corrected chi connectivity index (χ1v) is 8.98. The largest absolute Gasteiger partial charge is 0.339 e. The molecule has 1 unspecified atom stereocenters. The van der Waals surface area contributed by atoms with Gasteiger partial charge in [-0.1, -0.05) is 5.16 Å². The van der Waals surface area contributed by atoms with Gasteiger partial charge in [-0.3, -0.25) is 4.79 Å². The van der Waals surface area contributed by atoms with Crippen molar-refractivity contribution in [2.24, 2.45) is 0 Å². The van der Waals surface area contributed by atoms with Crippen molar-refractivity contribution in [3.8, 4) is 0 Å². The predicted molar refractivity (Wildman–Crippen MR) is 85.9 cm³/mol. The van der Waals surface area contributed by atoms with E-state index in [1.54, 1.807) is 19.1 Å². The second-order valence-electron chi connectivity index (χ2n) is 5.73. The Morgan fingerprint density at radius 2 is 2.04 bits per heavy atom. The molecule has 2 aromatic rings. The summed E-state index contributed by atoms with van der Waals surface area (Å²) in [4.78, 5) is 15.4. The lowest BCUT2D eigenvalue weighted by Gasteiger charge is -2.16. The lowest BCUT2D eigenvalue weighted by molar-refractivity contribution is -0.114. The molecule has 1 atom stereocenters. The molecule has 1 fully saturated rings. The van der Waals surface area contributed by atoms with Crippen LogP contribution in [0.15, 0.2) is 33.7 Å². The van der Waals surface area contributed by atoms with Crippen LogP contribution in [-0.2, 0) is 14.8 Å². The molecule has 1 amide bonds. The predicted octanol–water partition coefficient (Wildman–Crippen LogP) is 1.51. The first-order chi connectivity index (χ1) is 11.4. The Kier molecular flexibility index (Phi) is 4.37. The third kappa shape index (κ3) is 3.31. The van der Waals surface area contributed by atoms with E-state index in [-0.39, 0.29) is 16.7 Å².